The number of anilines is 2. The average molecular weight is 468 g/mol. The molecule has 0 spiro atoms. The van der Waals surface area contributed by atoms with E-state index in [1.807, 2.05) is 30.3 Å². The van der Waals surface area contributed by atoms with Gasteiger partial charge in [0.1, 0.15) is 5.82 Å². The highest BCUT2D eigenvalue weighted by Crippen LogP contribution is 2.32. The Kier molecular flexibility index (Phi) is 4.16. The molecule has 0 saturated carbocycles. The number of nitrogens with one attached hydrogen (secondary N) is 2. The van der Waals surface area contributed by atoms with Crippen LogP contribution in [0.4, 0.5) is 11.9 Å². The molecule has 3 aromatic heterocycles. The van der Waals surface area contributed by atoms with E-state index in [0.29, 0.717) is 36.0 Å². The first-order valence-electron chi connectivity index (χ1n) is 9.75. The Morgan fingerprint density at radius 3 is 2.90 bits per heavy atom. The summed E-state index contributed by atoms with van der Waals surface area (Å²) in [5.74, 6) is 2.73. The summed E-state index contributed by atoms with van der Waals surface area (Å²) in [5.41, 5.74) is 1.71. The molecule has 6 rings (SSSR count). The Balaban J connectivity index is 1.28. The molecule has 10 nitrogen and oxygen atoms in total. The average Bonchev–Trinajstić information content (AvgIpc) is 3.57. The molecule has 11 heteroatoms. The summed E-state index contributed by atoms with van der Waals surface area (Å²) in [6.07, 6.45) is 3.02. The number of nitrogens with zero attached hydrogens (tertiary/aromatic N) is 7. The van der Waals surface area contributed by atoms with E-state index in [4.69, 9.17) is 14.7 Å². The summed E-state index contributed by atoms with van der Waals surface area (Å²) in [6.45, 7) is 1.97. The topological polar surface area (TPSA) is 109 Å². The highest BCUT2D eigenvalue weighted by molar-refractivity contribution is 9.10. The molecule has 152 valence electrons. The fourth-order valence-corrected chi connectivity index (χ4v) is 4.34. The van der Waals surface area contributed by atoms with Crippen LogP contribution in [0, 0.1) is 0 Å². The second kappa shape index (κ2) is 7.03. The van der Waals surface area contributed by atoms with Crippen molar-refractivity contribution in [3.05, 3.63) is 46.8 Å². The van der Waals surface area contributed by atoms with Gasteiger partial charge in [0.15, 0.2) is 11.5 Å². The lowest BCUT2D eigenvalue weighted by Gasteiger charge is -2.27. The number of ether oxygens (including phenoxy) is 1. The van der Waals surface area contributed by atoms with E-state index in [0.717, 1.165) is 35.4 Å². The maximum Gasteiger partial charge on any atom is 0.231 e. The maximum atomic E-state index is 5.72. The Hall–Kier alpha value is -3.05. The molecule has 4 aromatic rings. The summed E-state index contributed by atoms with van der Waals surface area (Å²) < 4.78 is 8.22. The van der Waals surface area contributed by atoms with Crippen molar-refractivity contribution in [2.24, 2.45) is 0 Å². The normalized spacial score (nSPS) is 20.4. The van der Waals surface area contributed by atoms with Gasteiger partial charge in [0.25, 0.3) is 0 Å². The van der Waals surface area contributed by atoms with Gasteiger partial charge in [-0.25, -0.2) is 0 Å². The van der Waals surface area contributed by atoms with Gasteiger partial charge in [-0.15, -0.1) is 10.2 Å². The predicted molar refractivity (Wildman–Crippen MR) is 113 cm³/mol. The molecule has 1 aromatic carbocycles. The summed E-state index contributed by atoms with van der Waals surface area (Å²) in [5, 5.41) is 16.2. The van der Waals surface area contributed by atoms with Crippen molar-refractivity contribution >= 4 is 33.5 Å². The van der Waals surface area contributed by atoms with E-state index in [2.05, 4.69) is 46.4 Å². The van der Waals surface area contributed by atoms with Crippen LogP contribution in [0.15, 0.2) is 41.0 Å². The van der Waals surface area contributed by atoms with Gasteiger partial charge < -0.3 is 19.9 Å². The summed E-state index contributed by atoms with van der Waals surface area (Å²) in [7, 11) is 0. The van der Waals surface area contributed by atoms with Crippen LogP contribution in [0.2, 0.25) is 0 Å². The number of H-pyrrole nitrogens is 1. The van der Waals surface area contributed by atoms with Gasteiger partial charge in [0.2, 0.25) is 11.9 Å². The molecular weight excluding hydrogens is 450 g/mol. The van der Waals surface area contributed by atoms with Crippen molar-refractivity contribution in [3.63, 3.8) is 0 Å². The second-order valence-electron chi connectivity index (χ2n) is 7.41. The van der Waals surface area contributed by atoms with Crippen molar-refractivity contribution in [1.29, 1.82) is 0 Å². The van der Waals surface area contributed by atoms with Crippen LogP contribution in [-0.4, -0.2) is 60.1 Å². The predicted octanol–water partition coefficient (Wildman–Crippen LogP) is 2.26. The highest BCUT2D eigenvalue weighted by atomic mass is 79.9. The number of rotatable bonds is 5. The molecule has 0 unspecified atom stereocenters. The minimum absolute atomic E-state index is 0.269. The lowest BCUT2D eigenvalue weighted by molar-refractivity contribution is 0.0986. The first-order valence-corrected chi connectivity index (χ1v) is 10.5. The lowest BCUT2D eigenvalue weighted by atomic mass is 10.2. The smallest absolute Gasteiger partial charge is 0.231 e. The highest BCUT2D eigenvalue weighted by Gasteiger charge is 2.40. The number of benzene rings is 1. The van der Waals surface area contributed by atoms with E-state index in [9.17, 15) is 0 Å². The van der Waals surface area contributed by atoms with E-state index in [1.165, 1.54) is 0 Å². The largest absolute Gasteiger partial charge is 0.374 e. The van der Waals surface area contributed by atoms with Crippen molar-refractivity contribution in [2.45, 2.75) is 25.1 Å². The van der Waals surface area contributed by atoms with Crippen LogP contribution in [0.5, 0.6) is 0 Å². The Morgan fingerprint density at radius 1 is 1.20 bits per heavy atom. The third kappa shape index (κ3) is 3.01. The van der Waals surface area contributed by atoms with Gasteiger partial charge in [0, 0.05) is 12.1 Å². The zero-order valence-electron chi connectivity index (χ0n) is 15.9. The van der Waals surface area contributed by atoms with Crippen LogP contribution in [0.3, 0.4) is 0 Å². The van der Waals surface area contributed by atoms with Gasteiger partial charge in [0.05, 0.1) is 36.0 Å². The quantitative estimate of drug-likeness (QED) is 0.459. The van der Waals surface area contributed by atoms with E-state index in [-0.39, 0.29) is 6.10 Å². The SMILES string of the molecule is Brc1cnn2c(NCc3nnc(-c4ccccc4)[nH]3)nc(N3C[C@H]4C[C@@H]3CO4)nc12. The molecule has 30 heavy (non-hydrogen) atoms. The molecule has 0 amide bonds. The van der Waals surface area contributed by atoms with Gasteiger partial charge in [-0.1, -0.05) is 30.3 Å². The van der Waals surface area contributed by atoms with Gasteiger partial charge in [-0.05, 0) is 22.4 Å². The third-order valence-corrected chi connectivity index (χ3v) is 6.02. The number of hydrogen-bond acceptors (Lipinski definition) is 8. The zero-order valence-corrected chi connectivity index (χ0v) is 17.4. The Labute approximate surface area is 179 Å². The fourth-order valence-electron chi connectivity index (χ4n) is 3.99. The van der Waals surface area contributed by atoms with Crippen LogP contribution in [0.1, 0.15) is 12.2 Å². The van der Waals surface area contributed by atoms with Crippen molar-refractivity contribution < 1.29 is 4.74 Å². The van der Waals surface area contributed by atoms with Gasteiger partial charge in [-0.3, -0.25) is 0 Å². The Bertz CT molecular complexity index is 1210. The summed E-state index contributed by atoms with van der Waals surface area (Å²) in [6, 6.07) is 10.2. The second-order valence-corrected chi connectivity index (χ2v) is 8.27. The molecule has 2 fully saturated rings. The van der Waals surface area contributed by atoms with Crippen LogP contribution >= 0.6 is 15.9 Å². The number of halogens is 1. The minimum atomic E-state index is 0.269. The number of aromatic amines is 1. The molecule has 0 aliphatic carbocycles. The standard InChI is InChI=1S/C19H18BrN9O/c20-14-7-22-29-17(14)24-19(28-9-13-6-12(28)10-30-13)25-18(29)21-8-15-23-16(27-26-15)11-4-2-1-3-5-11/h1-5,7,12-13H,6,8-10H2,(H,21,24,25)(H,23,26,27)/t12-,13-/m1/s1. The molecule has 2 bridgehead atoms. The first-order chi connectivity index (χ1) is 14.7. The van der Waals surface area contributed by atoms with E-state index < -0.39 is 0 Å². The molecular formula is C19H18BrN9O. The summed E-state index contributed by atoms with van der Waals surface area (Å²) >= 11 is 3.54. The molecule has 2 N–H and O–H groups in total. The monoisotopic (exact) mass is 467 g/mol. The zero-order chi connectivity index (χ0) is 20.1. The van der Waals surface area contributed by atoms with Crippen molar-refractivity contribution in [1.82, 2.24) is 34.8 Å². The number of aromatic nitrogens is 7. The van der Waals surface area contributed by atoms with Crippen molar-refractivity contribution in [3.8, 4) is 11.4 Å². The molecule has 2 aliphatic rings. The van der Waals surface area contributed by atoms with Crippen LogP contribution in [-0.2, 0) is 11.3 Å². The molecule has 2 aliphatic heterocycles. The molecule has 5 heterocycles. The first kappa shape index (κ1) is 17.8. The number of hydrogen-bond donors (Lipinski definition) is 2. The van der Waals surface area contributed by atoms with Gasteiger partial charge >= 0.3 is 0 Å². The third-order valence-electron chi connectivity index (χ3n) is 5.47. The lowest BCUT2D eigenvalue weighted by Crippen LogP contribution is -2.38. The summed E-state index contributed by atoms with van der Waals surface area (Å²) in [4.78, 5) is 15.0. The molecule has 2 saturated heterocycles. The fraction of sp³-hybridized carbons (Fsp3) is 0.316. The number of fused-ring (bicyclic) bond motifs is 3. The van der Waals surface area contributed by atoms with Crippen LogP contribution < -0.4 is 10.2 Å². The molecule has 2 atom stereocenters. The number of morpholine rings is 1. The minimum Gasteiger partial charge on any atom is -0.374 e. The van der Waals surface area contributed by atoms with Crippen molar-refractivity contribution in [2.75, 3.05) is 23.4 Å². The van der Waals surface area contributed by atoms with E-state index in [1.54, 1.807) is 10.7 Å². The maximum absolute atomic E-state index is 5.72. The Morgan fingerprint density at radius 2 is 2.10 bits per heavy atom. The van der Waals surface area contributed by atoms with Gasteiger partial charge in [-0.2, -0.15) is 19.6 Å². The van der Waals surface area contributed by atoms with Crippen LogP contribution in [0.25, 0.3) is 17.0 Å². The van der Waals surface area contributed by atoms with E-state index >= 15 is 0 Å². The molecule has 0 radical (unpaired) electrons.